The monoisotopic (exact) mass is 546 g/mol. The van der Waals surface area contributed by atoms with E-state index in [0.29, 0.717) is 11.5 Å². The van der Waals surface area contributed by atoms with Gasteiger partial charge in [0.1, 0.15) is 11.5 Å². The third kappa shape index (κ3) is 10.2. The van der Waals surface area contributed by atoms with E-state index in [4.69, 9.17) is 28.4 Å². The summed E-state index contributed by atoms with van der Waals surface area (Å²) in [5.74, 6) is 1.13. The Morgan fingerprint density at radius 3 is 1.95 bits per heavy atom. The Labute approximate surface area is 233 Å². The Morgan fingerprint density at radius 2 is 1.49 bits per heavy atom. The minimum atomic E-state index is -0.910. The lowest BCUT2D eigenvalue weighted by Crippen LogP contribution is -2.26. The molecular formula is C31H46O8. The van der Waals surface area contributed by atoms with Crippen molar-refractivity contribution in [2.45, 2.75) is 105 Å². The molecule has 1 aliphatic carbocycles. The zero-order valence-corrected chi connectivity index (χ0v) is 24.7. The number of benzene rings is 1. The van der Waals surface area contributed by atoms with Crippen LogP contribution in [0.1, 0.15) is 97.6 Å². The van der Waals surface area contributed by atoms with Crippen LogP contribution in [0.3, 0.4) is 0 Å². The highest BCUT2D eigenvalue weighted by molar-refractivity contribution is 5.60. The Hall–Kier alpha value is -3.16. The average molecular weight is 547 g/mol. The van der Waals surface area contributed by atoms with Gasteiger partial charge in [0, 0.05) is 25.3 Å². The van der Waals surface area contributed by atoms with Crippen molar-refractivity contribution in [3.05, 3.63) is 47.1 Å². The molecule has 0 N–H and O–H groups in total. The molecule has 0 radical (unpaired) electrons. The summed E-state index contributed by atoms with van der Waals surface area (Å²) in [5, 5.41) is 0. The van der Waals surface area contributed by atoms with E-state index in [9.17, 15) is 9.59 Å². The van der Waals surface area contributed by atoms with E-state index >= 15 is 0 Å². The predicted molar refractivity (Wildman–Crippen MR) is 150 cm³/mol. The Kier molecular flexibility index (Phi) is 13.2. The molecule has 0 spiro atoms. The number of carbonyl (C=O) groups excluding carboxylic acids is 2. The fraction of sp³-hybridized carbons (Fsp3) is 0.613. The lowest BCUT2D eigenvalue weighted by atomic mass is 9.73. The van der Waals surface area contributed by atoms with Gasteiger partial charge in [-0.15, -0.1) is 0 Å². The van der Waals surface area contributed by atoms with Gasteiger partial charge in [0.05, 0.1) is 13.2 Å². The second kappa shape index (κ2) is 16.1. The van der Waals surface area contributed by atoms with E-state index < -0.39 is 24.9 Å². The molecule has 4 atom stereocenters. The topological polar surface area (TPSA) is 89.5 Å². The maximum Gasteiger partial charge on any atom is 0.511 e. The van der Waals surface area contributed by atoms with Gasteiger partial charge in [0.25, 0.3) is 0 Å². The molecule has 2 rings (SSSR count). The van der Waals surface area contributed by atoms with Gasteiger partial charge in [-0.05, 0) is 77.0 Å². The van der Waals surface area contributed by atoms with E-state index in [1.807, 2.05) is 19.1 Å². The average Bonchev–Trinajstić information content (AvgIpc) is 2.84. The fourth-order valence-corrected chi connectivity index (χ4v) is 4.79. The van der Waals surface area contributed by atoms with E-state index in [1.165, 1.54) is 5.57 Å². The van der Waals surface area contributed by atoms with Gasteiger partial charge < -0.3 is 28.4 Å². The van der Waals surface area contributed by atoms with Gasteiger partial charge in [-0.1, -0.05) is 43.6 Å². The van der Waals surface area contributed by atoms with Gasteiger partial charge in [0.15, 0.2) is 0 Å². The van der Waals surface area contributed by atoms with Crippen LogP contribution in [0.15, 0.2) is 35.9 Å². The molecule has 1 aliphatic rings. The first-order valence-electron chi connectivity index (χ1n) is 14.1. The standard InChI is InChI=1S/C31H46O8/c1-9-12-13-14-24-18-27(36-22(7)38-30(32)34-10-2)29(26-17-21(6)15-16-25(26)20(4)5)28(19-24)37-23(8)39-31(33)35-11-3/h17-19,22-23,25-26H,4,9-16H2,1-3,5-8H3. The molecule has 0 fully saturated rings. The molecule has 8 heteroatoms. The number of allylic oxidation sites excluding steroid dienone is 3. The van der Waals surface area contributed by atoms with Crippen LogP contribution in [0, 0.1) is 5.92 Å². The minimum Gasteiger partial charge on any atom is -0.454 e. The number of ether oxygens (including phenoxy) is 6. The molecule has 0 saturated heterocycles. The molecule has 0 aliphatic heterocycles. The maximum absolute atomic E-state index is 12.0. The van der Waals surface area contributed by atoms with Crippen molar-refractivity contribution in [2.75, 3.05) is 13.2 Å². The molecule has 218 valence electrons. The highest BCUT2D eigenvalue weighted by Crippen LogP contribution is 2.48. The number of hydrogen-bond donors (Lipinski definition) is 0. The maximum atomic E-state index is 12.0. The van der Waals surface area contributed by atoms with Crippen molar-refractivity contribution in [3.8, 4) is 11.5 Å². The molecule has 8 nitrogen and oxygen atoms in total. The van der Waals surface area contributed by atoms with E-state index in [0.717, 1.165) is 55.2 Å². The van der Waals surface area contributed by atoms with Crippen molar-refractivity contribution in [3.63, 3.8) is 0 Å². The molecule has 1 aromatic rings. The number of hydrogen-bond acceptors (Lipinski definition) is 8. The normalized spacial score (nSPS) is 18.3. The highest BCUT2D eigenvalue weighted by atomic mass is 16.8. The molecule has 0 saturated carbocycles. The summed E-state index contributed by atoms with van der Waals surface area (Å²) in [5.41, 5.74) is 4.11. The first-order chi connectivity index (χ1) is 18.6. The first kappa shape index (κ1) is 32.1. The smallest absolute Gasteiger partial charge is 0.454 e. The molecular weight excluding hydrogens is 500 g/mol. The van der Waals surface area contributed by atoms with Gasteiger partial charge in [-0.25, -0.2) is 9.59 Å². The summed E-state index contributed by atoms with van der Waals surface area (Å²) in [7, 11) is 0. The fourth-order valence-electron chi connectivity index (χ4n) is 4.79. The number of aryl methyl sites for hydroxylation is 1. The predicted octanol–water partition coefficient (Wildman–Crippen LogP) is 8.23. The molecule has 39 heavy (non-hydrogen) atoms. The van der Waals surface area contributed by atoms with Crippen molar-refractivity contribution in [1.82, 2.24) is 0 Å². The molecule has 0 aromatic heterocycles. The number of carbonyl (C=O) groups is 2. The molecule has 0 heterocycles. The highest BCUT2D eigenvalue weighted by Gasteiger charge is 2.33. The first-order valence-corrected chi connectivity index (χ1v) is 14.1. The van der Waals surface area contributed by atoms with Crippen LogP contribution in [0.4, 0.5) is 9.59 Å². The van der Waals surface area contributed by atoms with Crippen molar-refractivity contribution < 1.29 is 38.0 Å². The van der Waals surface area contributed by atoms with E-state index in [-0.39, 0.29) is 25.0 Å². The van der Waals surface area contributed by atoms with Gasteiger partial charge in [-0.3, -0.25) is 0 Å². The van der Waals surface area contributed by atoms with E-state index in [1.54, 1.807) is 27.7 Å². The van der Waals surface area contributed by atoms with Crippen LogP contribution in [0.2, 0.25) is 0 Å². The second-order valence-electron chi connectivity index (χ2n) is 9.97. The van der Waals surface area contributed by atoms with Crippen LogP contribution < -0.4 is 9.47 Å². The van der Waals surface area contributed by atoms with Crippen LogP contribution >= 0.6 is 0 Å². The third-order valence-corrected chi connectivity index (χ3v) is 6.58. The van der Waals surface area contributed by atoms with Crippen LogP contribution in [-0.4, -0.2) is 38.1 Å². The molecule has 0 amide bonds. The summed E-state index contributed by atoms with van der Waals surface area (Å²) < 4.78 is 33.1. The second-order valence-corrected chi connectivity index (χ2v) is 9.97. The summed E-state index contributed by atoms with van der Waals surface area (Å²) >= 11 is 0. The molecule has 1 aromatic carbocycles. The molecule has 4 unspecified atom stereocenters. The Balaban J connectivity index is 2.62. The molecule has 0 bridgehead atoms. The summed E-state index contributed by atoms with van der Waals surface area (Å²) in [6.07, 6.45) is 4.69. The lowest BCUT2D eigenvalue weighted by molar-refractivity contribution is -0.0552. The van der Waals surface area contributed by atoms with Gasteiger partial charge >= 0.3 is 12.3 Å². The van der Waals surface area contributed by atoms with Gasteiger partial charge in [-0.2, -0.15) is 0 Å². The third-order valence-electron chi connectivity index (χ3n) is 6.58. The Morgan fingerprint density at radius 1 is 0.949 bits per heavy atom. The number of rotatable bonds is 14. The van der Waals surface area contributed by atoms with E-state index in [2.05, 4.69) is 26.5 Å². The van der Waals surface area contributed by atoms with Crippen molar-refractivity contribution in [2.24, 2.45) is 5.92 Å². The summed E-state index contributed by atoms with van der Waals surface area (Å²) in [6, 6.07) is 3.99. The summed E-state index contributed by atoms with van der Waals surface area (Å²) in [4.78, 5) is 24.0. The largest absolute Gasteiger partial charge is 0.511 e. The zero-order chi connectivity index (χ0) is 28.9. The lowest BCUT2D eigenvalue weighted by Gasteiger charge is -2.33. The van der Waals surface area contributed by atoms with Crippen LogP contribution in [-0.2, 0) is 25.4 Å². The summed E-state index contributed by atoms with van der Waals surface area (Å²) in [6.45, 7) is 17.7. The van der Waals surface area contributed by atoms with Gasteiger partial charge in [0.2, 0.25) is 12.6 Å². The zero-order valence-electron chi connectivity index (χ0n) is 24.7. The van der Waals surface area contributed by atoms with Crippen LogP contribution in [0.5, 0.6) is 11.5 Å². The quantitative estimate of drug-likeness (QED) is 0.0997. The van der Waals surface area contributed by atoms with Crippen molar-refractivity contribution >= 4 is 12.3 Å². The number of unbranched alkanes of at least 4 members (excludes halogenated alkanes) is 2. The minimum absolute atomic E-state index is 0.101. The van der Waals surface area contributed by atoms with Crippen molar-refractivity contribution in [1.29, 1.82) is 0 Å². The SMILES string of the molecule is C=C(C)C1CCC(C)=CC1c1c(OC(C)OC(=O)OCC)cc(CCCCC)cc1OC(C)OC(=O)OCC. The van der Waals surface area contributed by atoms with Crippen LogP contribution in [0.25, 0.3) is 0 Å². The Bertz CT molecular complexity index is 949.